The molecule has 4 heterocycles. The summed E-state index contributed by atoms with van der Waals surface area (Å²) in [6.07, 6.45) is 25.2. The average molecular weight is 1080 g/mol. The van der Waals surface area contributed by atoms with Crippen molar-refractivity contribution in [2.45, 2.75) is 195 Å². The Balaban J connectivity index is 1.17. The Kier molecular flexibility index (Phi) is 18.1. The van der Waals surface area contributed by atoms with Gasteiger partial charge in [0.25, 0.3) is 0 Å². The van der Waals surface area contributed by atoms with Crippen molar-refractivity contribution >= 4 is 54.7 Å². The lowest BCUT2D eigenvalue weighted by Crippen LogP contribution is -2.29. The minimum atomic E-state index is -0.428. The first-order valence-corrected chi connectivity index (χ1v) is 33.8. The van der Waals surface area contributed by atoms with Crippen LogP contribution in [0.15, 0.2) is 120 Å². The van der Waals surface area contributed by atoms with E-state index in [0.29, 0.717) is 0 Å². The molecule has 76 heavy (non-hydrogen) atoms. The molecule has 400 valence electrons. The molecule has 4 atom stereocenters. The summed E-state index contributed by atoms with van der Waals surface area (Å²) in [5.74, 6) is 2.93. The molecule has 0 radical (unpaired) electrons. The highest BCUT2D eigenvalue weighted by Crippen LogP contribution is 2.69. The highest BCUT2D eigenvalue weighted by molar-refractivity contribution is 7.34. The summed E-state index contributed by atoms with van der Waals surface area (Å²) in [4.78, 5) is 5.92. The summed E-state index contributed by atoms with van der Waals surface area (Å²) in [6, 6.07) is 45.5. The van der Waals surface area contributed by atoms with E-state index in [1.165, 1.54) is 198 Å². The van der Waals surface area contributed by atoms with Crippen LogP contribution >= 0.6 is 45.3 Å². The van der Waals surface area contributed by atoms with Crippen molar-refractivity contribution in [1.82, 2.24) is 0 Å². The van der Waals surface area contributed by atoms with Gasteiger partial charge in [-0.1, -0.05) is 255 Å². The Morgan fingerprint density at radius 3 is 0.829 bits per heavy atom. The van der Waals surface area contributed by atoms with E-state index in [1.807, 2.05) is 22.7 Å². The van der Waals surface area contributed by atoms with E-state index in [4.69, 9.17) is 0 Å². The van der Waals surface area contributed by atoms with Gasteiger partial charge in [0.2, 0.25) is 0 Å². The van der Waals surface area contributed by atoms with Gasteiger partial charge in [0.15, 0.2) is 0 Å². The van der Waals surface area contributed by atoms with Gasteiger partial charge in [-0.05, 0) is 128 Å². The number of unbranched alkanes of at least 4 members (excludes halogenated alkanes) is 4. The van der Waals surface area contributed by atoms with Gasteiger partial charge < -0.3 is 0 Å². The van der Waals surface area contributed by atoms with E-state index in [9.17, 15) is 0 Å². The Morgan fingerprint density at radius 1 is 0.329 bits per heavy atom. The molecule has 0 N–H and O–H groups in total. The molecule has 8 aromatic rings. The quantitative estimate of drug-likeness (QED) is 0.0459. The van der Waals surface area contributed by atoms with Crippen LogP contribution in [-0.2, 0) is 36.5 Å². The lowest BCUT2D eigenvalue weighted by molar-refractivity contribution is 0.449. The van der Waals surface area contributed by atoms with Crippen molar-refractivity contribution in [2.24, 2.45) is 23.7 Å². The van der Waals surface area contributed by atoms with Crippen LogP contribution in [0.5, 0.6) is 0 Å². The molecule has 0 bridgehead atoms. The Labute approximate surface area is 475 Å². The molecule has 4 unspecified atom stereocenters. The number of hydrogen-bond donors (Lipinski definition) is 0. The summed E-state index contributed by atoms with van der Waals surface area (Å²) in [6.45, 7) is 18.9. The summed E-state index contributed by atoms with van der Waals surface area (Å²) >= 11 is 8.17. The van der Waals surface area contributed by atoms with E-state index in [-0.39, 0.29) is 0 Å². The molecule has 4 heteroatoms. The highest BCUT2D eigenvalue weighted by Gasteiger charge is 2.54. The number of hydrogen-bond acceptors (Lipinski definition) is 4. The van der Waals surface area contributed by atoms with Crippen molar-refractivity contribution in [3.05, 3.63) is 187 Å². The molecular formula is C72H88S4. The maximum Gasteiger partial charge on any atom is 0.0744 e. The fourth-order valence-corrected chi connectivity index (χ4v) is 19.3. The summed E-state index contributed by atoms with van der Waals surface area (Å²) in [7, 11) is 0. The molecule has 0 spiro atoms. The summed E-state index contributed by atoms with van der Waals surface area (Å²) in [5, 5.41) is 4.79. The van der Waals surface area contributed by atoms with Crippen LogP contribution in [-0.4, -0.2) is 0 Å². The normalized spacial score (nSPS) is 18.2. The van der Waals surface area contributed by atoms with Crippen molar-refractivity contribution < 1.29 is 0 Å². The zero-order valence-corrected chi connectivity index (χ0v) is 50.9. The smallest absolute Gasteiger partial charge is 0.0744 e. The SMILES string of the molecule is CCCCC(CC)Cc1ccc(C2(c3ccc(CC(CC)CCCC)cc3)c3ccsc3-c3sc4c5c(sc4c32)-c2sccc2C5(c2ccc(CC(CC)CCCC)cc2)c2ccc(CC(CC)CCCC)cc2)cc1. The minimum Gasteiger partial charge on any atom is -0.143 e. The minimum absolute atomic E-state index is 0.428. The van der Waals surface area contributed by atoms with E-state index in [1.54, 1.807) is 0 Å². The van der Waals surface area contributed by atoms with Gasteiger partial charge in [-0.15, -0.1) is 45.3 Å². The first kappa shape index (κ1) is 55.3. The van der Waals surface area contributed by atoms with E-state index >= 15 is 0 Å². The number of rotatable bonds is 28. The van der Waals surface area contributed by atoms with Crippen LogP contribution in [0.25, 0.3) is 28.9 Å². The summed E-state index contributed by atoms with van der Waals surface area (Å²) < 4.78 is 3.00. The fourth-order valence-electron chi connectivity index (χ4n) is 14.0. The molecule has 4 aromatic heterocycles. The van der Waals surface area contributed by atoms with Gasteiger partial charge in [-0.2, -0.15) is 0 Å². The third kappa shape index (κ3) is 10.3. The van der Waals surface area contributed by atoms with Gasteiger partial charge in [-0.3, -0.25) is 0 Å². The second-order valence-electron chi connectivity index (χ2n) is 23.4. The monoisotopic (exact) mass is 1080 g/mol. The lowest BCUT2D eigenvalue weighted by atomic mass is 9.67. The molecule has 0 amide bonds. The molecule has 0 nitrogen and oxygen atoms in total. The Hall–Kier alpha value is -4.06. The van der Waals surface area contributed by atoms with E-state index in [2.05, 4.69) is 198 Å². The predicted molar refractivity (Wildman–Crippen MR) is 338 cm³/mol. The van der Waals surface area contributed by atoms with Crippen LogP contribution in [0.3, 0.4) is 0 Å². The van der Waals surface area contributed by atoms with Crippen molar-refractivity contribution in [2.75, 3.05) is 0 Å². The predicted octanol–water partition coefficient (Wildman–Crippen LogP) is 22.8. The van der Waals surface area contributed by atoms with E-state index in [0.717, 1.165) is 49.4 Å². The second-order valence-corrected chi connectivity index (χ2v) is 27.2. The van der Waals surface area contributed by atoms with Gasteiger partial charge in [0, 0.05) is 20.9 Å². The Bertz CT molecular complexity index is 2760. The lowest BCUT2D eigenvalue weighted by Gasteiger charge is -2.34. The highest BCUT2D eigenvalue weighted by atomic mass is 32.1. The third-order valence-electron chi connectivity index (χ3n) is 18.6. The molecule has 0 saturated carbocycles. The average Bonchev–Trinajstić information content (AvgIpc) is 4.37. The molecule has 2 aliphatic rings. The van der Waals surface area contributed by atoms with Gasteiger partial charge in [0.05, 0.1) is 30.0 Å². The van der Waals surface area contributed by atoms with Crippen LogP contribution < -0.4 is 0 Å². The fraction of sp³-hybridized carbons (Fsp3) is 0.472. The zero-order valence-electron chi connectivity index (χ0n) is 47.6. The summed E-state index contributed by atoms with van der Waals surface area (Å²) in [5.41, 5.74) is 16.7. The topological polar surface area (TPSA) is 0 Å². The molecule has 10 rings (SSSR count). The largest absolute Gasteiger partial charge is 0.143 e. The van der Waals surface area contributed by atoms with Crippen LogP contribution in [0, 0.1) is 23.7 Å². The number of benzene rings is 4. The van der Waals surface area contributed by atoms with Crippen LogP contribution in [0.1, 0.15) is 225 Å². The first-order valence-electron chi connectivity index (χ1n) is 30.4. The number of fused-ring (bicyclic) bond motifs is 9. The van der Waals surface area contributed by atoms with Crippen molar-refractivity contribution in [3.63, 3.8) is 0 Å². The van der Waals surface area contributed by atoms with Gasteiger partial charge in [-0.25, -0.2) is 0 Å². The molecule has 2 aliphatic carbocycles. The number of thiophene rings is 4. The maximum atomic E-state index is 2.55. The molecular weight excluding hydrogens is 993 g/mol. The second kappa shape index (κ2) is 24.9. The van der Waals surface area contributed by atoms with Crippen molar-refractivity contribution in [1.29, 1.82) is 0 Å². The standard InChI is InChI=1S/C72H88S4/c1-9-17-21-49(13-5)45-53-25-33-57(34-26-53)71(58-35-27-54(28-36-58)46-50(14-6)22-18-10-2)61-41-43-73-65(61)67-63(71)69-70(75-67)64-68(76-69)66-62(42-44-74-66)72(64,59-37-29-55(30-38-59)47-51(15-7)23-19-11-3)60-39-31-56(32-40-60)48-52(16-8)24-20-12-4/h25-44,49-52H,9-24,45-48H2,1-8H3. The third-order valence-corrected chi connectivity index (χ3v) is 23.3. The molecule has 0 aliphatic heterocycles. The molecule has 0 fully saturated rings. The van der Waals surface area contributed by atoms with Gasteiger partial charge in [0.1, 0.15) is 0 Å². The van der Waals surface area contributed by atoms with E-state index < -0.39 is 10.8 Å². The Morgan fingerprint density at radius 2 is 0.592 bits per heavy atom. The first-order chi connectivity index (χ1) is 37.3. The van der Waals surface area contributed by atoms with Crippen LogP contribution in [0.2, 0.25) is 0 Å². The molecule has 0 saturated heterocycles. The molecule has 4 aromatic carbocycles. The van der Waals surface area contributed by atoms with Crippen LogP contribution in [0.4, 0.5) is 0 Å². The van der Waals surface area contributed by atoms with Gasteiger partial charge >= 0.3 is 0 Å². The van der Waals surface area contributed by atoms with Crippen molar-refractivity contribution in [3.8, 4) is 19.5 Å². The zero-order chi connectivity index (χ0) is 52.8. The maximum absolute atomic E-state index is 2.55.